The molecule has 31 heavy (non-hydrogen) atoms. The number of Topliss-reactive ketones (excluding diaryl/α,β-unsaturated/α-hetero) is 1. The maximum atomic E-state index is 13.0. The third kappa shape index (κ3) is 3.80. The third-order valence-electron chi connectivity index (χ3n) is 5.44. The van der Waals surface area contributed by atoms with Gasteiger partial charge >= 0.3 is 0 Å². The number of carbonyl (C=O) groups excluding carboxylic acids is 1. The number of carbonyl (C=O) groups is 1. The molecule has 3 aromatic rings. The van der Waals surface area contributed by atoms with Crippen molar-refractivity contribution >= 4 is 11.9 Å². The molecule has 3 aromatic carbocycles. The number of hydrogen-bond acceptors (Lipinski definition) is 5. The van der Waals surface area contributed by atoms with E-state index < -0.39 is 0 Å². The van der Waals surface area contributed by atoms with Gasteiger partial charge in [0.1, 0.15) is 24.0 Å². The van der Waals surface area contributed by atoms with Crippen LogP contribution in [0.5, 0.6) is 17.2 Å². The molecule has 5 nitrogen and oxygen atoms in total. The normalized spacial score (nSPS) is 16.4. The molecule has 0 amide bonds. The zero-order valence-corrected chi connectivity index (χ0v) is 17.3. The number of benzene rings is 3. The average molecular weight is 413 g/mol. The van der Waals surface area contributed by atoms with Crippen LogP contribution in [0.15, 0.2) is 72.5 Å². The molecule has 0 aliphatic carbocycles. The summed E-state index contributed by atoms with van der Waals surface area (Å²) in [6, 6.07) is 21.6. The summed E-state index contributed by atoms with van der Waals surface area (Å²) in [6.45, 7) is 4.41. The molecule has 0 N–H and O–H groups in total. The predicted octanol–water partition coefficient (Wildman–Crippen LogP) is 5.05. The van der Waals surface area contributed by atoms with E-state index in [1.54, 1.807) is 12.1 Å². The van der Waals surface area contributed by atoms with E-state index in [0.717, 1.165) is 29.2 Å². The zero-order valence-electron chi connectivity index (χ0n) is 17.3. The molecule has 0 unspecified atom stereocenters. The molecule has 2 aliphatic rings. The molecule has 2 aliphatic heterocycles. The van der Waals surface area contributed by atoms with E-state index in [1.807, 2.05) is 55.5 Å². The topological polar surface area (TPSA) is 48.0 Å². The Bertz CT molecular complexity index is 1150. The highest BCUT2D eigenvalue weighted by Gasteiger charge is 2.33. The quantitative estimate of drug-likeness (QED) is 0.548. The largest absolute Gasteiger partial charge is 0.493 e. The minimum absolute atomic E-state index is 0.121. The molecule has 0 atom stereocenters. The van der Waals surface area contributed by atoms with Crippen LogP contribution in [0.2, 0.25) is 0 Å². The highest BCUT2D eigenvalue weighted by molar-refractivity contribution is 6.15. The Morgan fingerprint density at radius 1 is 1.03 bits per heavy atom. The van der Waals surface area contributed by atoms with Crippen molar-refractivity contribution in [2.24, 2.45) is 0 Å². The van der Waals surface area contributed by atoms with Crippen molar-refractivity contribution in [1.29, 1.82) is 0 Å². The molecule has 5 rings (SSSR count). The van der Waals surface area contributed by atoms with Crippen LogP contribution in [0.4, 0.5) is 0 Å². The summed E-state index contributed by atoms with van der Waals surface area (Å²) < 4.78 is 17.8. The van der Waals surface area contributed by atoms with Gasteiger partial charge in [-0.1, -0.05) is 48.5 Å². The maximum Gasteiger partial charge on any atom is 0.231 e. The lowest BCUT2D eigenvalue weighted by molar-refractivity contribution is 0.0873. The first-order chi connectivity index (χ1) is 15.2. The summed E-state index contributed by atoms with van der Waals surface area (Å²) in [5, 5.41) is 0. The van der Waals surface area contributed by atoms with Crippen molar-refractivity contribution in [3.8, 4) is 17.2 Å². The highest BCUT2D eigenvalue weighted by Crippen LogP contribution is 2.42. The van der Waals surface area contributed by atoms with E-state index in [2.05, 4.69) is 17.0 Å². The molecule has 2 heterocycles. The Balaban J connectivity index is 1.43. The van der Waals surface area contributed by atoms with Crippen LogP contribution in [-0.2, 0) is 13.1 Å². The van der Waals surface area contributed by atoms with E-state index in [-0.39, 0.29) is 5.78 Å². The fraction of sp³-hybridized carbons (Fsp3) is 0.192. The van der Waals surface area contributed by atoms with Crippen molar-refractivity contribution in [3.05, 3.63) is 94.7 Å². The number of nitrogens with zero attached hydrogens (tertiary/aromatic N) is 1. The van der Waals surface area contributed by atoms with Gasteiger partial charge in [0.25, 0.3) is 0 Å². The summed E-state index contributed by atoms with van der Waals surface area (Å²) >= 11 is 0. The van der Waals surface area contributed by atoms with Crippen LogP contribution in [0.1, 0.15) is 34.0 Å². The SMILES string of the molecule is CCOc1ccccc1/C=C1\Oc2c(ccc3c2CN(Cc2ccccc2)CO3)C1=O. The van der Waals surface area contributed by atoms with Crippen LogP contribution in [0.25, 0.3) is 6.08 Å². The highest BCUT2D eigenvalue weighted by atomic mass is 16.5. The van der Waals surface area contributed by atoms with Gasteiger partial charge in [-0.15, -0.1) is 0 Å². The molecular weight excluding hydrogens is 390 g/mol. The number of ketones is 1. The maximum absolute atomic E-state index is 13.0. The van der Waals surface area contributed by atoms with E-state index >= 15 is 0 Å². The number of rotatable bonds is 5. The van der Waals surface area contributed by atoms with Gasteiger partial charge in [0.05, 0.1) is 17.7 Å². The molecule has 0 spiro atoms. The Kier molecular flexibility index (Phi) is 5.18. The molecule has 156 valence electrons. The van der Waals surface area contributed by atoms with Crippen molar-refractivity contribution in [2.45, 2.75) is 20.0 Å². The van der Waals surface area contributed by atoms with Gasteiger partial charge in [0.2, 0.25) is 5.78 Å². The van der Waals surface area contributed by atoms with Crippen molar-refractivity contribution in [1.82, 2.24) is 4.90 Å². The van der Waals surface area contributed by atoms with Crippen LogP contribution in [0.3, 0.4) is 0 Å². The second-order valence-electron chi connectivity index (χ2n) is 7.58. The molecule has 0 saturated carbocycles. The van der Waals surface area contributed by atoms with E-state index in [9.17, 15) is 4.79 Å². The van der Waals surface area contributed by atoms with Gasteiger partial charge in [0, 0.05) is 18.7 Å². The molecule has 0 saturated heterocycles. The third-order valence-corrected chi connectivity index (χ3v) is 5.44. The monoisotopic (exact) mass is 413 g/mol. The lowest BCUT2D eigenvalue weighted by atomic mass is 10.0. The van der Waals surface area contributed by atoms with Crippen molar-refractivity contribution in [2.75, 3.05) is 13.3 Å². The van der Waals surface area contributed by atoms with Gasteiger partial charge < -0.3 is 14.2 Å². The van der Waals surface area contributed by atoms with E-state index in [4.69, 9.17) is 14.2 Å². The van der Waals surface area contributed by atoms with Gasteiger partial charge in [-0.2, -0.15) is 0 Å². The number of fused-ring (bicyclic) bond motifs is 3. The van der Waals surface area contributed by atoms with Gasteiger partial charge in [-0.05, 0) is 36.8 Å². The first-order valence-corrected chi connectivity index (χ1v) is 10.4. The number of hydrogen-bond donors (Lipinski definition) is 0. The Hall–Kier alpha value is -3.57. The summed E-state index contributed by atoms with van der Waals surface area (Å²) in [4.78, 5) is 15.2. The summed E-state index contributed by atoms with van der Waals surface area (Å²) in [6.07, 6.45) is 1.76. The van der Waals surface area contributed by atoms with Gasteiger partial charge in [0.15, 0.2) is 5.76 Å². The smallest absolute Gasteiger partial charge is 0.231 e. The summed E-state index contributed by atoms with van der Waals surface area (Å²) in [7, 11) is 0. The molecule has 5 heteroatoms. The zero-order chi connectivity index (χ0) is 21.2. The van der Waals surface area contributed by atoms with Crippen LogP contribution in [-0.4, -0.2) is 24.0 Å². The lowest BCUT2D eigenvalue weighted by Gasteiger charge is -2.29. The molecule has 0 radical (unpaired) electrons. The van der Waals surface area contributed by atoms with Crippen molar-refractivity contribution < 1.29 is 19.0 Å². The molecule has 0 bridgehead atoms. The minimum atomic E-state index is -0.121. The van der Waals surface area contributed by atoms with E-state index in [1.165, 1.54) is 5.56 Å². The van der Waals surface area contributed by atoms with Crippen molar-refractivity contribution in [3.63, 3.8) is 0 Å². The van der Waals surface area contributed by atoms with Crippen LogP contribution >= 0.6 is 0 Å². The van der Waals surface area contributed by atoms with E-state index in [0.29, 0.717) is 37.0 Å². The Labute approximate surface area is 181 Å². The first-order valence-electron chi connectivity index (χ1n) is 10.4. The lowest BCUT2D eigenvalue weighted by Crippen LogP contribution is -2.31. The predicted molar refractivity (Wildman–Crippen MR) is 118 cm³/mol. The molecular formula is C26H23NO4. The van der Waals surface area contributed by atoms with Gasteiger partial charge in [-0.3, -0.25) is 9.69 Å². The summed E-state index contributed by atoms with van der Waals surface area (Å²) in [5.41, 5.74) is 3.52. The second-order valence-corrected chi connectivity index (χ2v) is 7.58. The number of para-hydroxylation sites is 1. The average Bonchev–Trinajstić information content (AvgIpc) is 3.12. The Morgan fingerprint density at radius 3 is 2.68 bits per heavy atom. The molecule has 0 fully saturated rings. The Morgan fingerprint density at radius 2 is 1.84 bits per heavy atom. The standard InChI is InChI=1S/C26H23NO4/c1-2-29-22-11-7-6-10-19(22)14-24-25(28)20-12-13-23-21(26(20)31-24)16-27(17-30-23)15-18-8-4-3-5-9-18/h3-14H,2,15-17H2,1H3/b24-14-. The number of allylic oxidation sites excluding steroid dienone is 1. The van der Waals surface area contributed by atoms with Gasteiger partial charge in [-0.25, -0.2) is 0 Å². The second kappa shape index (κ2) is 8.28. The number of ether oxygens (including phenoxy) is 3. The summed E-state index contributed by atoms with van der Waals surface area (Å²) in [5.74, 6) is 2.27. The fourth-order valence-corrected chi connectivity index (χ4v) is 3.98. The fourth-order valence-electron chi connectivity index (χ4n) is 3.98. The van der Waals surface area contributed by atoms with Crippen LogP contribution in [0, 0.1) is 0 Å². The van der Waals surface area contributed by atoms with Crippen LogP contribution < -0.4 is 14.2 Å². The minimum Gasteiger partial charge on any atom is -0.493 e. The first kappa shape index (κ1) is 19.4. The molecule has 0 aromatic heterocycles.